The molecule has 0 aromatic heterocycles. The molecule has 0 heterocycles. The van der Waals surface area contributed by atoms with E-state index in [1.54, 1.807) is 30.3 Å². The number of rotatable bonds is 38. The second-order valence-corrected chi connectivity index (χ2v) is 10.4. The molecular weight excluding hydrogens is 628 g/mol. The molecule has 0 radical (unpaired) electrons. The van der Waals surface area contributed by atoms with Gasteiger partial charge in [0.05, 0.1) is 126 Å². The average Bonchev–Trinajstić information content (AvgIpc) is 3.11. The predicted octanol–water partition coefficient (Wildman–Crippen LogP) is 3.55. The van der Waals surface area contributed by atoms with Crippen molar-refractivity contribution >= 4 is 11.8 Å². The number of ketones is 1. The Kier molecular flexibility index (Phi) is 33.2. The van der Waals surface area contributed by atoms with Gasteiger partial charge in [0.15, 0.2) is 0 Å². The van der Waals surface area contributed by atoms with Gasteiger partial charge in [-0.15, -0.1) is 0 Å². The number of benzene rings is 1. The lowest BCUT2D eigenvalue weighted by molar-refractivity contribution is -0.139. The molecule has 0 aliphatic carbocycles. The van der Waals surface area contributed by atoms with Crippen molar-refractivity contribution in [1.82, 2.24) is 0 Å². The summed E-state index contributed by atoms with van der Waals surface area (Å²) >= 11 is 0. The molecule has 278 valence electrons. The largest absolute Gasteiger partial charge is 0.457 e. The summed E-state index contributed by atoms with van der Waals surface area (Å²) in [6, 6.07) is 8.27. The van der Waals surface area contributed by atoms with E-state index in [-0.39, 0.29) is 13.2 Å². The van der Waals surface area contributed by atoms with Crippen LogP contribution in [0.15, 0.2) is 30.3 Å². The molecule has 0 aliphatic heterocycles. The van der Waals surface area contributed by atoms with Crippen molar-refractivity contribution in [3.63, 3.8) is 0 Å². The van der Waals surface area contributed by atoms with Crippen LogP contribution in [0.25, 0.3) is 0 Å². The second kappa shape index (κ2) is 36.2. The highest BCUT2D eigenvalue weighted by Gasteiger charge is 2.17. The van der Waals surface area contributed by atoms with E-state index in [1.807, 2.05) is 0 Å². The predicted molar refractivity (Wildman–Crippen MR) is 179 cm³/mol. The van der Waals surface area contributed by atoms with Crippen molar-refractivity contribution in [1.29, 1.82) is 0 Å². The maximum Gasteiger partial charge on any atom is 0.379 e. The molecule has 0 bridgehead atoms. The minimum atomic E-state index is -0.895. The molecule has 1 aromatic carbocycles. The Morgan fingerprint density at radius 3 is 1.06 bits per heavy atom. The maximum absolute atomic E-state index is 11.9. The Morgan fingerprint density at radius 1 is 0.396 bits per heavy atom. The number of carbonyl (C=O) groups is 2. The Bertz CT molecular complexity index is 828. The molecule has 0 fully saturated rings. The molecule has 0 spiro atoms. The maximum atomic E-state index is 11.9. The van der Waals surface area contributed by atoms with Crippen LogP contribution in [0.2, 0.25) is 0 Å². The smallest absolute Gasteiger partial charge is 0.379 e. The summed E-state index contributed by atoms with van der Waals surface area (Å²) in [5.74, 6) is -1.57. The normalized spacial score (nSPS) is 11.3. The first kappa shape index (κ1) is 44.0. The van der Waals surface area contributed by atoms with Gasteiger partial charge in [-0.25, -0.2) is 4.79 Å². The fourth-order valence-electron chi connectivity index (χ4n) is 3.86. The minimum absolute atomic E-state index is 0.000108. The van der Waals surface area contributed by atoms with E-state index in [1.165, 1.54) is 25.7 Å². The zero-order valence-electron chi connectivity index (χ0n) is 29.1. The van der Waals surface area contributed by atoms with Crippen LogP contribution in [0.4, 0.5) is 0 Å². The number of esters is 1. The SMILES string of the molecule is CCCCCCCOCCOCCOCCOCCOCCOCCOCCOCCOCCOCCOC(=O)C(=O)c1ccccc1. The topological polar surface area (TPSA) is 136 Å². The van der Waals surface area contributed by atoms with E-state index in [2.05, 4.69) is 6.92 Å². The van der Waals surface area contributed by atoms with Crippen LogP contribution in [-0.2, 0) is 56.9 Å². The highest BCUT2D eigenvalue weighted by molar-refractivity contribution is 6.40. The number of Topliss-reactive ketones (excluding diaryl/α,β-unsaturated/α-hetero) is 1. The van der Waals surface area contributed by atoms with Crippen LogP contribution in [0.3, 0.4) is 0 Å². The van der Waals surface area contributed by atoms with Crippen LogP contribution in [0.5, 0.6) is 0 Å². The van der Waals surface area contributed by atoms with Gasteiger partial charge in [-0.1, -0.05) is 62.9 Å². The van der Waals surface area contributed by atoms with Crippen LogP contribution >= 0.6 is 0 Å². The summed E-state index contributed by atoms with van der Waals surface area (Å²) < 4.78 is 59.5. The molecule has 0 saturated heterocycles. The van der Waals surface area contributed by atoms with Gasteiger partial charge in [-0.2, -0.15) is 0 Å². The van der Waals surface area contributed by atoms with Gasteiger partial charge in [0.2, 0.25) is 0 Å². The third-order valence-electron chi connectivity index (χ3n) is 6.42. The van der Waals surface area contributed by atoms with E-state index in [0.29, 0.717) is 124 Å². The minimum Gasteiger partial charge on any atom is -0.457 e. The Labute approximate surface area is 287 Å². The first-order chi connectivity index (χ1) is 23.8. The van der Waals surface area contributed by atoms with Gasteiger partial charge in [0, 0.05) is 12.2 Å². The molecule has 13 nitrogen and oxygen atoms in total. The van der Waals surface area contributed by atoms with Gasteiger partial charge >= 0.3 is 5.97 Å². The molecule has 1 aromatic rings. The second-order valence-electron chi connectivity index (χ2n) is 10.4. The molecular formula is C35H60O13. The summed E-state index contributed by atoms with van der Waals surface area (Å²) in [5, 5.41) is 0. The fraction of sp³-hybridized carbons (Fsp3) is 0.771. The molecule has 0 aliphatic rings. The third-order valence-corrected chi connectivity index (χ3v) is 6.42. The van der Waals surface area contributed by atoms with E-state index < -0.39 is 11.8 Å². The molecule has 0 N–H and O–H groups in total. The molecule has 1 rings (SSSR count). The van der Waals surface area contributed by atoms with E-state index >= 15 is 0 Å². The van der Waals surface area contributed by atoms with Crippen molar-refractivity contribution in [3.8, 4) is 0 Å². The summed E-state index contributed by atoms with van der Waals surface area (Å²) in [4.78, 5) is 23.6. The number of ether oxygens (including phenoxy) is 11. The molecule has 48 heavy (non-hydrogen) atoms. The lowest BCUT2D eigenvalue weighted by Gasteiger charge is -2.09. The van der Waals surface area contributed by atoms with Crippen LogP contribution in [0, 0.1) is 0 Å². The lowest BCUT2D eigenvalue weighted by Crippen LogP contribution is -2.20. The molecule has 0 amide bonds. The average molecular weight is 689 g/mol. The Morgan fingerprint density at radius 2 is 0.708 bits per heavy atom. The molecule has 0 atom stereocenters. The number of unbranched alkanes of at least 4 members (excludes halogenated alkanes) is 4. The Hall–Kier alpha value is -2.04. The standard InChI is InChI=1S/C35H60O13/c1-2-3-4-5-9-12-38-13-14-39-15-16-40-17-18-41-19-20-42-21-22-43-23-24-44-25-26-45-27-28-46-29-30-47-31-32-48-35(37)34(36)33-10-7-6-8-11-33/h6-8,10-11H,2-5,9,12-32H2,1H3. The monoisotopic (exact) mass is 688 g/mol. The lowest BCUT2D eigenvalue weighted by atomic mass is 10.1. The van der Waals surface area contributed by atoms with Gasteiger partial charge in [-0.3, -0.25) is 4.79 Å². The zero-order valence-corrected chi connectivity index (χ0v) is 29.1. The van der Waals surface area contributed by atoms with Crippen LogP contribution < -0.4 is 0 Å². The van der Waals surface area contributed by atoms with Gasteiger partial charge in [-0.05, 0) is 6.42 Å². The van der Waals surface area contributed by atoms with Gasteiger partial charge < -0.3 is 52.1 Å². The van der Waals surface area contributed by atoms with E-state index in [0.717, 1.165) is 13.0 Å². The van der Waals surface area contributed by atoms with Gasteiger partial charge in [0.25, 0.3) is 5.78 Å². The molecule has 13 heteroatoms. The summed E-state index contributed by atoms with van der Waals surface area (Å²) in [6.07, 6.45) is 6.24. The van der Waals surface area contributed by atoms with Crippen molar-refractivity contribution in [2.24, 2.45) is 0 Å². The first-order valence-corrected chi connectivity index (χ1v) is 17.3. The van der Waals surface area contributed by atoms with Crippen molar-refractivity contribution in [2.75, 3.05) is 139 Å². The third kappa shape index (κ3) is 30.1. The summed E-state index contributed by atoms with van der Waals surface area (Å²) in [7, 11) is 0. The van der Waals surface area contributed by atoms with E-state index in [4.69, 9.17) is 52.1 Å². The fourth-order valence-corrected chi connectivity index (χ4v) is 3.86. The zero-order chi connectivity index (χ0) is 34.4. The summed E-state index contributed by atoms with van der Waals surface area (Å²) in [5.41, 5.74) is 0.297. The van der Waals surface area contributed by atoms with Crippen molar-refractivity contribution in [2.45, 2.75) is 39.0 Å². The molecule has 0 unspecified atom stereocenters. The highest BCUT2D eigenvalue weighted by atomic mass is 16.6. The molecule has 0 saturated carbocycles. The van der Waals surface area contributed by atoms with Crippen LogP contribution in [0.1, 0.15) is 49.4 Å². The van der Waals surface area contributed by atoms with Crippen molar-refractivity contribution in [3.05, 3.63) is 35.9 Å². The Balaban J connectivity index is 1.65. The highest BCUT2D eigenvalue weighted by Crippen LogP contribution is 2.03. The first-order valence-electron chi connectivity index (χ1n) is 17.3. The summed E-state index contributed by atoms with van der Waals surface area (Å²) in [6.45, 7) is 12.1. The number of hydrogen-bond acceptors (Lipinski definition) is 13. The van der Waals surface area contributed by atoms with E-state index in [9.17, 15) is 9.59 Å². The quantitative estimate of drug-likeness (QED) is 0.0434. The van der Waals surface area contributed by atoms with Gasteiger partial charge in [0.1, 0.15) is 6.61 Å². The van der Waals surface area contributed by atoms with Crippen LogP contribution in [-0.4, -0.2) is 150 Å². The number of hydrogen-bond donors (Lipinski definition) is 0. The number of carbonyl (C=O) groups excluding carboxylic acids is 2. The van der Waals surface area contributed by atoms with Crippen molar-refractivity contribution < 1.29 is 61.7 Å².